The van der Waals surface area contributed by atoms with Crippen molar-refractivity contribution in [2.24, 2.45) is 0 Å². The van der Waals surface area contributed by atoms with Crippen molar-refractivity contribution >= 4 is 18.4 Å². The van der Waals surface area contributed by atoms with Crippen molar-refractivity contribution in [3.8, 4) is 5.75 Å². The van der Waals surface area contributed by atoms with E-state index in [-0.39, 0.29) is 0 Å². The first-order chi connectivity index (χ1) is 30.0. The minimum absolute atomic E-state index is 0.697. The first kappa shape index (κ1) is 52.9. The second kappa shape index (κ2) is 35.0. The fourth-order valence-corrected chi connectivity index (χ4v) is 14.3. The molecule has 0 spiro atoms. The van der Waals surface area contributed by atoms with Crippen LogP contribution in [0.25, 0.3) is 11.1 Å². The van der Waals surface area contributed by atoms with Gasteiger partial charge in [0.2, 0.25) is 0 Å². The number of likely N-dealkylation sites (N-methyl/N-ethyl adjacent to an activating group) is 1. The summed E-state index contributed by atoms with van der Waals surface area (Å²) in [6, 6.07) is 31.0. The lowest BCUT2D eigenvalue weighted by molar-refractivity contribution is 0.261. The summed E-state index contributed by atoms with van der Waals surface area (Å²) < 4.78 is 6.08. The summed E-state index contributed by atoms with van der Waals surface area (Å²) in [6.45, 7) is 8.67. The van der Waals surface area contributed by atoms with Gasteiger partial charge in [-0.25, -0.2) is 0 Å². The zero-order valence-corrected chi connectivity index (χ0v) is 41.6. The molecule has 3 aromatic carbocycles. The molecule has 0 aliphatic heterocycles. The number of hydrogen-bond donors (Lipinski definition) is 0. The third kappa shape index (κ3) is 23.7. The quantitative estimate of drug-likeness (QED) is 0.0322. The molecule has 2 nitrogen and oxygen atoms in total. The number of allylic oxidation sites excluding steroid dienone is 1. The van der Waals surface area contributed by atoms with Crippen LogP contribution in [0.5, 0.6) is 5.75 Å². The maximum absolute atomic E-state index is 6.08. The van der Waals surface area contributed by atoms with Gasteiger partial charge in [0.15, 0.2) is 0 Å². The van der Waals surface area contributed by atoms with Crippen LogP contribution < -0.4 is 4.74 Å². The second-order valence-corrected chi connectivity index (χ2v) is 23.4. The van der Waals surface area contributed by atoms with Crippen LogP contribution in [0, 0.1) is 0 Å². The summed E-state index contributed by atoms with van der Waals surface area (Å²) in [5, 5.41) is 0. The van der Waals surface area contributed by atoms with Gasteiger partial charge in [-0.05, 0) is 118 Å². The van der Waals surface area contributed by atoms with E-state index in [2.05, 4.69) is 125 Å². The molecule has 0 saturated heterocycles. The Morgan fingerprint density at radius 2 is 0.770 bits per heavy atom. The standard InChI is InChI=1S/C58H95NOP/c1-6-9-12-15-23-34-49-61(50-35-24-16-13-10-7-2,51-36-25-17-14-11-8-3)52-37-26-21-19-18-20-22-33-42-57(53-38-29-27-30-39-53)58(54-40-31-28-32-41-54)55-43-45-56(46-44-55)60-48-47-59(4)5/h27-32,38-41,43-46H,6-26,33-37,42,47-52H2,1-5H3/q+1/b58-57-. The van der Waals surface area contributed by atoms with Crippen molar-refractivity contribution < 1.29 is 4.74 Å². The van der Waals surface area contributed by atoms with Crippen LogP contribution >= 0.6 is 7.26 Å². The first-order valence-corrected chi connectivity index (χ1v) is 28.6. The third-order valence-electron chi connectivity index (χ3n) is 13.2. The Labute approximate surface area is 379 Å². The first-order valence-electron chi connectivity index (χ1n) is 26.1. The molecule has 0 heterocycles. The summed E-state index contributed by atoms with van der Waals surface area (Å²) in [6.07, 6.45) is 44.9. The van der Waals surface area contributed by atoms with Gasteiger partial charge >= 0.3 is 0 Å². The highest BCUT2D eigenvalue weighted by molar-refractivity contribution is 7.75. The minimum Gasteiger partial charge on any atom is -0.492 e. The second-order valence-electron chi connectivity index (χ2n) is 18.9. The molecule has 0 amide bonds. The molecule has 0 radical (unpaired) electrons. The Hall–Kier alpha value is -2.41. The monoisotopic (exact) mass is 853 g/mol. The van der Waals surface area contributed by atoms with E-state index in [1.54, 1.807) is 24.6 Å². The fourth-order valence-electron chi connectivity index (χ4n) is 9.40. The summed E-state index contributed by atoms with van der Waals surface area (Å²) in [4.78, 5) is 2.16. The molecular weight excluding hydrogens is 758 g/mol. The molecule has 0 N–H and O–H groups in total. The molecule has 0 aliphatic carbocycles. The molecule has 0 aliphatic rings. The van der Waals surface area contributed by atoms with Gasteiger partial charge in [0.25, 0.3) is 0 Å². The predicted octanol–water partition coefficient (Wildman–Crippen LogP) is 18.2. The molecule has 0 aromatic heterocycles. The molecular formula is C58H95NOP+. The van der Waals surface area contributed by atoms with Crippen molar-refractivity contribution in [2.75, 3.05) is 51.9 Å². The van der Waals surface area contributed by atoms with E-state index in [1.807, 2.05) is 0 Å². The van der Waals surface area contributed by atoms with Crippen molar-refractivity contribution in [3.05, 3.63) is 102 Å². The van der Waals surface area contributed by atoms with Gasteiger partial charge in [-0.15, -0.1) is 0 Å². The number of unbranched alkanes of at least 4 members (excludes halogenated alkanes) is 22. The van der Waals surface area contributed by atoms with E-state index in [1.165, 1.54) is 195 Å². The zero-order chi connectivity index (χ0) is 43.5. The topological polar surface area (TPSA) is 12.5 Å². The average molecular weight is 853 g/mol. The van der Waals surface area contributed by atoms with Crippen LogP contribution in [0.4, 0.5) is 0 Å². The molecule has 0 atom stereocenters. The van der Waals surface area contributed by atoms with E-state index in [0.717, 1.165) is 18.7 Å². The number of rotatable bonds is 39. The van der Waals surface area contributed by atoms with Gasteiger partial charge in [-0.1, -0.05) is 203 Å². The average Bonchev–Trinajstić information content (AvgIpc) is 3.28. The van der Waals surface area contributed by atoms with Gasteiger partial charge in [-0.3, -0.25) is 0 Å². The van der Waals surface area contributed by atoms with Crippen molar-refractivity contribution in [3.63, 3.8) is 0 Å². The maximum Gasteiger partial charge on any atom is 0.119 e. The summed E-state index contributed by atoms with van der Waals surface area (Å²) >= 11 is 0. The van der Waals surface area contributed by atoms with Crippen molar-refractivity contribution in [1.29, 1.82) is 0 Å². The van der Waals surface area contributed by atoms with E-state index in [0.29, 0.717) is 6.61 Å². The summed E-state index contributed by atoms with van der Waals surface area (Å²) in [7, 11) is 3.34. The molecule has 0 unspecified atom stereocenters. The van der Waals surface area contributed by atoms with Crippen molar-refractivity contribution in [2.45, 2.75) is 194 Å². The Kier molecular flexibility index (Phi) is 30.4. The van der Waals surface area contributed by atoms with E-state index < -0.39 is 7.26 Å². The number of hydrogen-bond acceptors (Lipinski definition) is 2. The predicted molar refractivity (Wildman–Crippen MR) is 277 cm³/mol. The molecule has 3 rings (SSSR count). The van der Waals surface area contributed by atoms with E-state index in [4.69, 9.17) is 4.74 Å². The molecule has 3 heteroatoms. The van der Waals surface area contributed by atoms with Crippen LogP contribution in [0.3, 0.4) is 0 Å². The molecule has 342 valence electrons. The lowest BCUT2D eigenvalue weighted by atomic mass is 9.86. The molecule has 0 saturated carbocycles. The number of ether oxygens (including phenoxy) is 1. The normalized spacial score (nSPS) is 12.3. The van der Waals surface area contributed by atoms with Gasteiger partial charge < -0.3 is 9.64 Å². The largest absolute Gasteiger partial charge is 0.492 e. The Bertz CT molecular complexity index is 1420. The smallest absolute Gasteiger partial charge is 0.119 e. The highest BCUT2D eigenvalue weighted by atomic mass is 31.2. The maximum atomic E-state index is 6.08. The van der Waals surface area contributed by atoms with Gasteiger partial charge in [0.05, 0.1) is 24.6 Å². The SMILES string of the molecule is CCCCCCCC[P+](CCCCCCCC)(CCCCCCCC)CCCCCCCCCC/C(=C(\c1ccccc1)c1ccc(OCCN(C)C)cc1)c1ccccc1. The molecule has 0 fully saturated rings. The zero-order valence-electron chi connectivity index (χ0n) is 40.7. The van der Waals surface area contributed by atoms with Crippen molar-refractivity contribution in [1.82, 2.24) is 4.90 Å². The lowest BCUT2D eigenvalue weighted by Gasteiger charge is -2.28. The van der Waals surface area contributed by atoms with E-state index in [9.17, 15) is 0 Å². The van der Waals surface area contributed by atoms with Gasteiger partial charge in [0.1, 0.15) is 12.4 Å². The Morgan fingerprint density at radius 3 is 1.18 bits per heavy atom. The molecule has 3 aromatic rings. The summed E-state index contributed by atoms with van der Waals surface area (Å²) in [5.41, 5.74) is 6.72. The van der Waals surface area contributed by atoms with Gasteiger partial charge in [0, 0.05) is 13.8 Å². The molecule has 0 bridgehead atoms. The molecule has 61 heavy (non-hydrogen) atoms. The minimum atomic E-state index is -0.844. The van der Waals surface area contributed by atoms with Gasteiger partial charge in [-0.2, -0.15) is 0 Å². The fraction of sp³-hybridized carbons (Fsp3) is 0.655. The van der Waals surface area contributed by atoms with Crippen LogP contribution in [-0.2, 0) is 0 Å². The lowest BCUT2D eigenvalue weighted by Crippen LogP contribution is -2.19. The Morgan fingerprint density at radius 1 is 0.410 bits per heavy atom. The van der Waals surface area contributed by atoms with Crippen LogP contribution in [0.15, 0.2) is 84.9 Å². The van der Waals surface area contributed by atoms with Crippen LogP contribution in [-0.4, -0.2) is 56.8 Å². The highest BCUT2D eigenvalue weighted by Gasteiger charge is 2.35. The number of benzene rings is 3. The van der Waals surface area contributed by atoms with Crippen LogP contribution in [0.1, 0.15) is 211 Å². The highest BCUT2D eigenvalue weighted by Crippen LogP contribution is 2.61. The summed E-state index contributed by atoms with van der Waals surface area (Å²) in [5.74, 6) is 0.940. The Balaban J connectivity index is 1.56. The van der Waals surface area contributed by atoms with E-state index >= 15 is 0 Å². The number of nitrogens with zero attached hydrogens (tertiary/aromatic N) is 1. The van der Waals surface area contributed by atoms with Crippen LogP contribution in [0.2, 0.25) is 0 Å². The third-order valence-corrected chi connectivity index (χ3v) is 18.3.